The summed E-state index contributed by atoms with van der Waals surface area (Å²) in [5.74, 6) is -1.11. The fourth-order valence-corrected chi connectivity index (χ4v) is 3.99. The van der Waals surface area contributed by atoms with E-state index in [9.17, 15) is 14.0 Å². The number of esters is 1. The maximum absolute atomic E-state index is 13.1. The minimum absolute atomic E-state index is 0.162. The zero-order chi connectivity index (χ0) is 25.3. The monoisotopic (exact) mass is 491 g/mol. The molecular formula is C28H30FN3O4. The number of nitrogens with one attached hydrogen (secondary N) is 1. The van der Waals surface area contributed by atoms with Gasteiger partial charge in [-0.2, -0.15) is 0 Å². The van der Waals surface area contributed by atoms with Crippen LogP contribution >= 0.6 is 0 Å². The van der Waals surface area contributed by atoms with Gasteiger partial charge in [-0.1, -0.05) is 31.2 Å². The third kappa shape index (κ3) is 6.82. The normalized spacial score (nSPS) is 13.8. The molecule has 0 unspecified atom stereocenters. The molecule has 1 aliphatic rings. The van der Waals surface area contributed by atoms with Crippen molar-refractivity contribution in [2.75, 3.05) is 49.5 Å². The summed E-state index contributed by atoms with van der Waals surface area (Å²) in [6.45, 7) is 7.02. The Bertz CT molecular complexity index is 1160. The number of hydrogen-bond acceptors (Lipinski definition) is 6. The highest BCUT2D eigenvalue weighted by Crippen LogP contribution is 2.22. The summed E-state index contributed by atoms with van der Waals surface area (Å²) in [7, 11) is 0. The molecule has 3 aromatic carbocycles. The lowest BCUT2D eigenvalue weighted by atomic mass is 10.2. The van der Waals surface area contributed by atoms with E-state index >= 15 is 0 Å². The number of benzene rings is 3. The second-order valence-electron chi connectivity index (χ2n) is 8.50. The van der Waals surface area contributed by atoms with E-state index in [1.165, 1.54) is 12.1 Å². The molecule has 36 heavy (non-hydrogen) atoms. The number of amides is 1. The Kier molecular flexibility index (Phi) is 8.52. The Balaban J connectivity index is 1.26. The molecular weight excluding hydrogens is 461 g/mol. The molecule has 1 amide bonds. The van der Waals surface area contributed by atoms with E-state index in [1.807, 2.05) is 24.3 Å². The van der Waals surface area contributed by atoms with E-state index in [1.54, 1.807) is 36.4 Å². The summed E-state index contributed by atoms with van der Waals surface area (Å²) < 4.78 is 24.0. The number of carbonyl (C=O) groups is 2. The third-order valence-corrected chi connectivity index (χ3v) is 6.08. The van der Waals surface area contributed by atoms with Gasteiger partial charge in [0.15, 0.2) is 6.61 Å². The first-order valence-electron chi connectivity index (χ1n) is 12.0. The number of para-hydroxylation sites is 1. The zero-order valence-electron chi connectivity index (χ0n) is 20.3. The number of piperazine rings is 1. The van der Waals surface area contributed by atoms with Crippen molar-refractivity contribution < 1.29 is 23.5 Å². The number of ether oxygens (including phenoxy) is 2. The number of halogens is 1. The van der Waals surface area contributed by atoms with Crippen molar-refractivity contribution in [3.05, 3.63) is 89.7 Å². The van der Waals surface area contributed by atoms with Gasteiger partial charge >= 0.3 is 5.97 Å². The zero-order valence-corrected chi connectivity index (χ0v) is 20.3. The fraction of sp³-hybridized carbons (Fsp3) is 0.286. The first kappa shape index (κ1) is 25.2. The lowest BCUT2D eigenvalue weighted by molar-refractivity contribution is -0.119. The van der Waals surface area contributed by atoms with Crippen LogP contribution in [0.2, 0.25) is 0 Å². The predicted molar refractivity (Wildman–Crippen MR) is 137 cm³/mol. The summed E-state index contributed by atoms with van der Waals surface area (Å²) in [5, 5.41) is 2.76. The molecule has 1 N–H and O–H groups in total. The average Bonchev–Trinajstić information content (AvgIpc) is 2.92. The van der Waals surface area contributed by atoms with Gasteiger partial charge in [0.25, 0.3) is 5.91 Å². The van der Waals surface area contributed by atoms with Crippen molar-refractivity contribution in [3.63, 3.8) is 0 Å². The van der Waals surface area contributed by atoms with Crippen molar-refractivity contribution in [3.8, 4) is 5.75 Å². The maximum Gasteiger partial charge on any atom is 0.342 e. The highest BCUT2D eigenvalue weighted by atomic mass is 19.1. The standard InChI is InChI=1S/C28H30FN3O4/c1-2-31-15-17-32(18-16-31)24-13-11-23(12-14-24)30-27(33)20-36-28(34)25-5-3-4-6-26(25)35-19-21-7-9-22(29)10-8-21/h3-14H,2,15-20H2,1H3,(H,30,33). The Morgan fingerprint density at radius 3 is 2.31 bits per heavy atom. The molecule has 1 fully saturated rings. The van der Waals surface area contributed by atoms with Crippen molar-refractivity contribution >= 4 is 23.3 Å². The lowest BCUT2D eigenvalue weighted by Gasteiger charge is -2.35. The molecule has 0 atom stereocenters. The number of rotatable bonds is 9. The smallest absolute Gasteiger partial charge is 0.342 e. The molecule has 188 valence electrons. The highest BCUT2D eigenvalue weighted by Gasteiger charge is 2.17. The largest absolute Gasteiger partial charge is 0.488 e. The van der Waals surface area contributed by atoms with Crippen LogP contribution in [0, 0.1) is 5.82 Å². The summed E-state index contributed by atoms with van der Waals surface area (Å²) in [6, 6.07) is 20.2. The van der Waals surface area contributed by atoms with Gasteiger partial charge in [0, 0.05) is 37.6 Å². The van der Waals surface area contributed by atoms with Crippen LogP contribution in [0.15, 0.2) is 72.8 Å². The Morgan fingerprint density at radius 2 is 1.61 bits per heavy atom. The van der Waals surface area contributed by atoms with Crippen LogP contribution in [0.4, 0.5) is 15.8 Å². The van der Waals surface area contributed by atoms with Crippen molar-refractivity contribution in [2.24, 2.45) is 0 Å². The molecule has 0 saturated carbocycles. The highest BCUT2D eigenvalue weighted by molar-refractivity contribution is 5.96. The summed E-state index contributed by atoms with van der Waals surface area (Å²) in [5.41, 5.74) is 2.72. The molecule has 0 radical (unpaired) electrons. The first-order chi connectivity index (χ1) is 17.5. The number of hydrogen-bond donors (Lipinski definition) is 1. The first-order valence-corrected chi connectivity index (χ1v) is 12.0. The van der Waals surface area contributed by atoms with Crippen molar-refractivity contribution in [1.82, 2.24) is 4.90 Å². The number of likely N-dealkylation sites (N-methyl/N-ethyl adjacent to an activating group) is 1. The van der Waals surface area contributed by atoms with E-state index in [-0.39, 0.29) is 18.0 Å². The van der Waals surface area contributed by atoms with Gasteiger partial charge in [0.1, 0.15) is 23.7 Å². The van der Waals surface area contributed by atoms with Gasteiger partial charge in [-0.15, -0.1) is 0 Å². The van der Waals surface area contributed by atoms with E-state index in [2.05, 4.69) is 22.0 Å². The van der Waals surface area contributed by atoms with Crippen LogP contribution in [-0.4, -0.2) is 56.1 Å². The van der Waals surface area contributed by atoms with Crippen LogP contribution in [-0.2, 0) is 16.1 Å². The minimum Gasteiger partial charge on any atom is -0.488 e. The Hall–Kier alpha value is -3.91. The van der Waals surface area contributed by atoms with Crippen molar-refractivity contribution in [2.45, 2.75) is 13.5 Å². The number of anilines is 2. The van der Waals surface area contributed by atoms with E-state index in [4.69, 9.17) is 9.47 Å². The van der Waals surface area contributed by atoms with E-state index in [0.717, 1.165) is 44.0 Å². The number of nitrogens with zero attached hydrogens (tertiary/aromatic N) is 2. The van der Waals surface area contributed by atoms with Gasteiger partial charge in [0.05, 0.1) is 0 Å². The lowest BCUT2D eigenvalue weighted by Crippen LogP contribution is -2.46. The second kappa shape index (κ2) is 12.2. The Labute approximate surface area is 210 Å². The van der Waals surface area contributed by atoms with Gasteiger partial charge < -0.3 is 24.6 Å². The van der Waals surface area contributed by atoms with Gasteiger partial charge in [0.2, 0.25) is 0 Å². The quantitative estimate of drug-likeness (QED) is 0.449. The van der Waals surface area contributed by atoms with Gasteiger partial charge in [-0.3, -0.25) is 4.79 Å². The fourth-order valence-electron chi connectivity index (χ4n) is 3.99. The molecule has 0 spiro atoms. The van der Waals surface area contributed by atoms with Crippen LogP contribution in [0.5, 0.6) is 5.75 Å². The van der Waals surface area contributed by atoms with Gasteiger partial charge in [-0.05, 0) is 60.6 Å². The van der Waals surface area contributed by atoms with Crippen molar-refractivity contribution in [1.29, 1.82) is 0 Å². The molecule has 0 aromatic heterocycles. The molecule has 1 aliphatic heterocycles. The maximum atomic E-state index is 13.1. The molecule has 0 bridgehead atoms. The summed E-state index contributed by atoms with van der Waals surface area (Å²) in [6.07, 6.45) is 0. The molecule has 1 heterocycles. The topological polar surface area (TPSA) is 71.1 Å². The van der Waals surface area contributed by atoms with Gasteiger partial charge in [-0.25, -0.2) is 9.18 Å². The Morgan fingerprint density at radius 1 is 0.917 bits per heavy atom. The summed E-state index contributed by atoms with van der Waals surface area (Å²) in [4.78, 5) is 29.7. The predicted octanol–water partition coefficient (Wildman–Crippen LogP) is 4.34. The molecule has 1 saturated heterocycles. The average molecular weight is 492 g/mol. The van der Waals surface area contributed by atoms with E-state index < -0.39 is 18.5 Å². The van der Waals surface area contributed by atoms with E-state index in [0.29, 0.717) is 11.4 Å². The van der Waals surface area contributed by atoms with Crippen LogP contribution < -0.4 is 15.0 Å². The summed E-state index contributed by atoms with van der Waals surface area (Å²) >= 11 is 0. The number of carbonyl (C=O) groups excluding carboxylic acids is 2. The molecule has 3 aromatic rings. The van der Waals surface area contributed by atoms with Crippen LogP contribution in [0.1, 0.15) is 22.8 Å². The van der Waals surface area contributed by atoms with Crippen LogP contribution in [0.3, 0.4) is 0 Å². The third-order valence-electron chi connectivity index (χ3n) is 6.08. The SMILES string of the molecule is CCN1CCN(c2ccc(NC(=O)COC(=O)c3ccccc3OCc3ccc(F)cc3)cc2)CC1. The molecule has 4 rings (SSSR count). The second-order valence-corrected chi connectivity index (χ2v) is 8.50. The molecule has 8 heteroatoms. The molecule has 0 aliphatic carbocycles. The molecule has 7 nitrogen and oxygen atoms in total. The minimum atomic E-state index is -0.665. The van der Waals surface area contributed by atoms with Crippen LogP contribution in [0.25, 0.3) is 0 Å².